The van der Waals surface area contributed by atoms with E-state index in [1.54, 1.807) is 15.7 Å². The molecular weight excluding hydrogens is 466 g/mol. The van der Waals surface area contributed by atoms with Crippen LogP contribution < -0.4 is 0 Å². The van der Waals surface area contributed by atoms with Gasteiger partial charge in [0.15, 0.2) is 0 Å². The first-order chi connectivity index (χ1) is 13.6. The Kier molecular flexibility index (Phi) is 6.32. The third kappa shape index (κ3) is 4.80. The number of aromatic nitrogens is 1. The van der Waals surface area contributed by atoms with Crippen molar-refractivity contribution in [2.24, 2.45) is 0 Å². The molecule has 0 aliphatic carbocycles. The van der Waals surface area contributed by atoms with Crippen molar-refractivity contribution in [2.45, 2.75) is 19.0 Å². The molecule has 1 fully saturated rings. The second kappa shape index (κ2) is 8.42. The lowest BCUT2D eigenvalue weighted by Gasteiger charge is -2.36. The van der Waals surface area contributed by atoms with Gasteiger partial charge in [0.2, 0.25) is 10.0 Å². The summed E-state index contributed by atoms with van der Waals surface area (Å²) in [4.78, 5) is 24.9. The van der Waals surface area contributed by atoms with Crippen LogP contribution in [-0.4, -0.2) is 76.8 Å². The van der Waals surface area contributed by atoms with Crippen LogP contribution in [0.1, 0.15) is 18.0 Å². The number of sulfonamides is 1. The number of piperazine rings is 1. The van der Waals surface area contributed by atoms with Gasteiger partial charge < -0.3 is 14.8 Å². The molecule has 0 spiro atoms. The normalized spacial score (nSPS) is 17.4. The summed E-state index contributed by atoms with van der Waals surface area (Å²) >= 11 is 3.40. The maximum Gasteiger partial charge on any atom is 0.325 e. The van der Waals surface area contributed by atoms with E-state index in [-0.39, 0.29) is 26.1 Å². The van der Waals surface area contributed by atoms with Gasteiger partial charge in [-0.05, 0) is 12.1 Å². The summed E-state index contributed by atoms with van der Waals surface area (Å²) in [7, 11) is -3.32. The Labute approximate surface area is 176 Å². The molecule has 0 radical (unpaired) electrons. The van der Waals surface area contributed by atoms with Gasteiger partial charge in [0.1, 0.15) is 6.04 Å². The van der Waals surface area contributed by atoms with E-state index in [0.717, 1.165) is 21.6 Å². The van der Waals surface area contributed by atoms with E-state index in [1.807, 2.05) is 18.2 Å². The standard InChI is InChI=1S/C18H22BrN3O6S/c1-29(27,28)22-8-6-20(7-9-22)17(18(25)26)14-11-21(5-4-16(23)24)15-10-12(19)2-3-13(14)15/h2-3,10-11,17H,4-9H2,1H3,(H,23,24)(H,25,26). The van der Waals surface area contributed by atoms with Crippen LogP contribution in [-0.2, 0) is 26.2 Å². The van der Waals surface area contributed by atoms with E-state index in [9.17, 15) is 23.1 Å². The third-order valence-corrected chi connectivity index (χ3v) is 6.87. The van der Waals surface area contributed by atoms with Gasteiger partial charge in [0.05, 0.1) is 12.7 Å². The molecule has 1 aliphatic heterocycles. The number of carboxylic acid groups (broad SMARTS) is 2. The first kappa shape index (κ1) is 21.8. The zero-order valence-electron chi connectivity index (χ0n) is 15.8. The Morgan fingerprint density at radius 1 is 1.17 bits per heavy atom. The molecule has 0 amide bonds. The number of nitrogens with zero attached hydrogens (tertiary/aromatic N) is 3. The number of halogens is 1. The van der Waals surface area contributed by atoms with Crippen LogP contribution in [0.3, 0.4) is 0 Å². The van der Waals surface area contributed by atoms with E-state index in [2.05, 4.69) is 15.9 Å². The molecule has 0 bridgehead atoms. The van der Waals surface area contributed by atoms with Gasteiger partial charge in [-0.25, -0.2) is 8.42 Å². The smallest absolute Gasteiger partial charge is 0.325 e. The molecule has 0 saturated carbocycles. The summed E-state index contributed by atoms with van der Waals surface area (Å²) in [6, 6.07) is 4.51. The van der Waals surface area contributed by atoms with Gasteiger partial charge in [-0.1, -0.05) is 22.0 Å². The zero-order valence-corrected chi connectivity index (χ0v) is 18.2. The maximum atomic E-state index is 12.2. The minimum Gasteiger partial charge on any atom is -0.481 e. The molecule has 1 aliphatic rings. The summed E-state index contributed by atoms with van der Waals surface area (Å²) in [6.07, 6.45) is 2.76. The molecule has 9 nitrogen and oxygen atoms in total. The number of carboxylic acids is 2. The fourth-order valence-corrected chi connectivity index (χ4v) is 4.87. The molecule has 11 heteroatoms. The Balaban J connectivity index is 1.97. The number of hydrogen-bond donors (Lipinski definition) is 2. The van der Waals surface area contributed by atoms with E-state index < -0.39 is 28.0 Å². The van der Waals surface area contributed by atoms with Gasteiger partial charge in [0.25, 0.3) is 0 Å². The van der Waals surface area contributed by atoms with Crippen molar-refractivity contribution in [3.63, 3.8) is 0 Å². The molecule has 2 N–H and O–H groups in total. The van der Waals surface area contributed by atoms with Crippen molar-refractivity contribution in [2.75, 3.05) is 32.4 Å². The highest BCUT2D eigenvalue weighted by Gasteiger charge is 2.34. The molecule has 2 heterocycles. The molecule has 1 unspecified atom stereocenters. The van der Waals surface area contributed by atoms with Gasteiger partial charge >= 0.3 is 11.9 Å². The number of fused-ring (bicyclic) bond motifs is 1. The Morgan fingerprint density at radius 2 is 1.83 bits per heavy atom. The average Bonchev–Trinajstić information content (AvgIpc) is 2.97. The summed E-state index contributed by atoms with van der Waals surface area (Å²) in [6.45, 7) is 1.26. The van der Waals surface area contributed by atoms with Crippen molar-refractivity contribution in [1.82, 2.24) is 13.8 Å². The van der Waals surface area contributed by atoms with Crippen LogP contribution >= 0.6 is 15.9 Å². The van der Waals surface area contributed by atoms with Gasteiger partial charge in [-0.3, -0.25) is 14.5 Å². The van der Waals surface area contributed by atoms with Crippen LogP contribution in [0.25, 0.3) is 10.9 Å². The minimum atomic E-state index is -3.32. The topological polar surface area (TPSA) is 120 Å². The zero-order chi connectivity index (χ0) is 21.3. The Hall–Kier alpha value is -1.95. The first-order valence-electron chi connectivity index (χ1n) is 9.00. The van der Waals surface area contributed by atoms with Crippen LogP contribution in [0.5, 0.6) is 0 Å². The molecule has 1 saturated heterocycles. The third-order valence-electron chi connectivity index (χ3n) is 5.08. The number of carbonyl (C=O) groups is 2. The SMILES string of the molecule is CS(=O)(=O)N1CCN(C(C(=O)O)c2cn(CCC(=O)O)c3cc(Br)ccc23)CC1. The van der Waals surface area contributed by atoms with Crippen LogP contribution in [0, 0.1) is 0 Å². The molecule has 2 aromatic rings. The molecule has 29 heavy (non-hydrogen) atoms. The Bertz CT molecular complexity index is 1040. The Morgan fingerprint density at radius 3 is 2.38 bits per heavy atom. The van der Waals surface area contributed by atoms with Crippen molar-refractivity contribution in [3.8, 4) is 0 Å². The predicted molar refractivity (Wildman–Crippen MR) is 110 cm³/mol. The second-order valence-corrected chi connectivity index (χ2v) is 9.92. The van der Waals surface area contributed by atoms with Gasteiger partial charge in [-0.2, -0.15) is 4.31 Å². The lowest BCUT2D eigenvalue weighted by Crippen LogP contribution is -2.50. The number of rotatable bonds is 7. The number of aryl methyl sites for hydroxylation is 1. The maximum absolute atomic E-state index is 12.2. The van der Waals surface area contributed by atoms with Crippen molar-refractivity contribution in [3.05, 3.63) is 34.4 Å². The summed E-state index contributed by atoms with van der Waals surface area (Å²) < 4.78 is 27.4. The summed E-state index contributed by atoms with van der Waals surface area (Å²) in [5.41, 5.74) is 1.31. The van der Waals surface area contributed by atoms with Crippen molar-refractivity contribution >= 4 is 48.8 Å². The fourth-order valence-electron chi connectivity index (χ4n) is 3.69. The van der Waals surface area contributed by atoms with E-state index in [0.29, 0.717) is 18.7 Å². The van der Waals surface area contributed by atoms with Crippen LogP contribution in [0.4, 0.5) is 0 Å². The van der Waals surface area contributed by atoms with E-state index >= 15 is 0 Å². The van der Waals surface area contributed by atoms with E-state index in [1.165, 1.54) is 4.31 Å². The predicted octanol–water partition coefficient (Wildman–Crippen LogP) is 1.58. The molecule has 158 valence electrons. The highest BCUT2D eigenvalue weighted by molar-refractivity contribution is 9.10. The highest BCUT2D eigenvalue weighted by atomic mass is 79.9. The lowest BCUT2D eigenvalue weighted by molar-refractivity contribution is -0.144. The molecule has 1 atom stereocenters. The highest BCUT2D eigenvalue weighted by Crippen LogP contribution is 2.33. The van der Waals surface area contributed by atoms with Gasteiger partial charge in [0, 0.05) is 59.9 Å². The fraction of sp³-hybridized carbons (Fsp3) is 0.444. The van der Waals surface area contributed by atoms with Crippen LogP contribution in [0.2, 0.25) is 0 Å². The quantitative estimate of drug-likeness (QED) is 0.607. The number of hydrogen-bond acceptors (Lipinski definition) is 5. The second-order valence-electron chi connectivity index (χ2n) is 7.02. The molecule has 1 aromatic heterocycles. The van der Waals surface area contributed by atoms with Crippen LogP contribution in [0.15, 0.2) is 28.9 Å². The van der Waals surface area contributed by atoms with E-state index in [4.69, 9.17) is 5.11 Å². The number of aliphatic carboxylic acids is 2. The summed E-state index contributed by atoms with van der Waals surface area (Å²) in [5.74, 6) is -1.96. The monoisotopic (exact) mass is 487 g/mol. The molecule has 1 aromatic carbocycles. The summed E-state index contributed by atoms with van der Waals surface area (Å²) in [5, 5.41) is 19.7. The largest absolute Gasteiger partial charge is 0.481 e. The van der Waals surface area contributed by atoms with Crippen molar-refractivity contribution in [1.29, 1.82) is 0 Å². The molecule has 3 rings (SSSR count). The van der Waals surface area contributed by atoms with Crippen molar-refractivity contribution < 1.29 is 28.2 Å². The van der Waals surface area contributed by atoms with Gasteiger partial charge in [-0.15, -0.1) is 0 Å². The first-order valence-corrected chi connectivity index (χ1v) is 11.6. The number of benzene rings is 1. The minimum absolute atomic E-state index is 0.0828. The average molecular weight is 488 g/mol. The lowest BCUT2D eigenvalue weighted by atomic mass is 10.0. The molecular formula is C18H22BrN3O6S.